The first kappa shape index (κ1) is 16.7. The Morgan fingerprint density at radius 3 is 2.30 bits per heavy atom. The maximum Gasteiger partial charge on any atom is 0.338 e. The first-order chi connectivity index (χ1) is 13.1. The van der Waals surface area contributed by atoms with Crippen molar-refractivity contribution in [1.82, 2.24) is 15.3 Å². The highest BCUT2D eigenvalue weighted by molar-refractivity contribution is 5.94. The third kappa shape index (κ3) is 3.17. The van der Waals surface area contributed by atoms with Crippen LogP contribution in [0.15, 0.2) is 30.6 Å². The lowest BCUT2D eigenvalue weighted by atomic mass is 9.53. The monoisotopic (exact) mass is 365 g/mol. The summed E-state index contributed by atoms with van der Waals surface area (Å²) < 4.78 is 5.25. The van der Waals surface area contributed by atoms with Crippen molar-refractivity contribution in [1.29, 1.82) is 0 Å². The summed E-state index contributed by atoms with van der Waals surface area (Å²) in [6.45, 7) is -0.237. The molecule has 140 valence electrons. The molecule has 2 aromatic rings. The van der Waals surface area contributed by atoms with Crippen LogP contribution in [0.25, 0.3) is 11.0 Å². The smallest absolute Gasteiger partial charge is 0.338 e. The van der Waals surface area contributed by atoms with E-state index in [0.717, 1.165) is 37.0 Å². The van der Waals surface area contributed by atoms with Gasteiger partial charge < -0.3 is 10.1 Å². The zero-order valence-corrected chi connectivity index (χ0v) is 15.2. The van der Waals surface area contributed by atoms with Gasteiger partial charge in [0, 0.05) is 17.9 Å². The van der Waals surface area contributed by atoms with Crippen LogP contribution in [0.1, 0.15) is 48.9 Å². The molecule has 6 nitrogen and oxygen atoms in total. The molecule has 0 aliphatic heterocycles. The minimum absolute atomic E-state index is 0.0588. The Labute approximate surface area is 157 Å². The van der Waals surface area contributed by atoms with Crippen LogP contribution in [-0.2, 0) is 9.53 Å². The number of benzene rings is 1. The fourth-order valence-corrected chi connectivity index (χ4v) is 5.90. The van der Waals surface area contributed by atoms with E-state index in [-0.39, 0.29) is 18.1 Å². The second kappa shape index (κ2) is 6.29. The number of amides is 1. The van der Waals surface area contributed by atoms with Crippen molar-refractivity contribution in [3.05, 3.63) is 36.2 Å². The van der Waals surface area contributed by atoms with Crippen molar-refractivity contribution in [2.24, 2.45) is 17.8 Å². The molecule has 0 radical (unpaired) electrons. The van der Waals surface area contributed by atoms with Gasteiger partial charge in [-0.25, -0.2) is 4.79 Å². The van der Waals surface area contributed by atoms with Crippen molar-refractivity contribution >= 4 is 22.9 Å². The SMILES string of the molecule is O=C(COC(=O)c1ccc2nccnc2c1)NC12CC3CC(CC(C3)C1)C2. The minimum atomic E-state index is -0.511. The maximum atomic E-state index is 12.5. The third-order valence-electron chi connectivity index (χ3n) is 6.48. The zero-order chi connectivity index (χ0) is 18.4. The van der Waals surface area contributed by atoms with Gasteiger partial charge in [0.1, 0.15) is 0 Å². The standard InChI is InChI=1S/C21H23N3O3/c25-19(24-21-9-13-5-14(10-21)7-15(6-13)11-21)12-27-20(26)16-1-2-17-18(8-16)23-4-3-22-17/h1-4,8,13-15H,5-7,9-12H2,(H,24,25). The van der Waals surface area contributed by atoms with E-state index in [9.17, 15) is 9.59 Å². The molecule has 27 heavy (non-hydrogen) atoms. The number of esters is 1. The summed E-state index contributed by atoms with van der Waals surface area (Å²) in [6, 6.07) is 5.02. The van der Waals surface area contributed by atoms with Crippen LogP contribution in [0.3, 0.4) is 0 Å². The van der Waals surface area contributed by atoms with Crippen molar-refractivity contribution in [3.8, 4) is 0 Å². The molecule has 6 heteroatoms. The molecule has 1 amide bonds. The number of aromatic nitrogens is 2. The molecular weight excluding hydrogens is 342 g/mol. The van der Waals surface area contributed by atoms with Gasteiger partial charge in [-0.15, -0.1) is 0 Å². The summed E-state index contributed by atoms with van der Waals surface area (Å²) >= 11 is 0. The van der Waals surface area contributed by atoms with Crippen LogP contribution in [0.2, 0.25) is 0 Å². The van der Waals surface area contributed by atoms with Crippen LogP contribution in [-0.4, -0.2) is 34.0 Å². The molecule has 6 rings (SSSR count). The topological polar surface area (TPSA) is 81.2 Å². The number of carbonyl (C=O) groups excluding carboxylic acids is 2. The second-order valence-corrected chi connectivity index (χ2v) is 8.58. The summed E-state index contributed by atoms with van der Waals surface area (Å²) in [5, 5.41) is 3.22. The molecule has 0 atom stereocenters. The summed E-state index contributed by atoms with van der Waals surface area (Å²) in [7, 11) is 0. The Morgan fingerprint density at radius 2 is 1.63 bits per heavy atom. The predicted molar refractivity (Wildman–Crippen MR) is 98.9 cm³/mol. The van der Waals surface area contributed by atoms with Gasteiger partial charge in [0.15, 0.2) is 6.61 Å². The quantitative estimate of drug-likeness (QED) is 0.843. The van der Waals surface area contributed by atoms with E-state index in [1.807, 2.05) is 0 Å². The molecule has 1 aromatic carbocycles. The number of nitrogens with one attached hydrogen (secondary N) is 1. The van der Waals surface area contributed by atoms with Crippen LogP contribution >= 0.6 is 0 Å². The lowest BCUT2D eigenvalue weighted by molar-refractivity contribution is -0.130. The average Bonchev–Trinajstić information content (AvgIpc) is 2.64. The Hall–Kier alpha value is -2.50. The molecule has 4 fully saturated rings. The Balaban J connectivity index is 1.21. The first-order valence-electron chi connectivity index (χ1n) is 9.77. The molecule has 1 N–H and O–H groups in total. The van der Waals surface area contributed by atoms with E-state index < -0.39 is 5.97 Å². The number of fused-ring (bicyclic) bond motifs is 1. The highest BCUT2D eigenvalue weighted by Crippen LogP contribution is 2.55. The minimum Gasteiger partial charge on any atom is -0.452 e. The number of hydrogen-bond donors (Lipinski definition) is 1. The number of carbonyl (C=O) groups is 2. The van der Waals surface area contributed by atoms with E-state index in [0.29, 0.717) is 16.6 Å². The molecule has 0 saturated heterocycles. The van der Waals surface area contributed by atoms with Gasteiger partial charge in [0.25, 0.3) is 5.91 Å². The van der Waals surface area contributed by atoms with Crippen molar-refractivity contribution in [3.63, 3.8) is 0 Å². The van der Waals surface area contributed by atoms with Gasteiger partial charge in [-0.2, -0.15) is 0 Å². The predicted octanol–water partition coefficient (Wildman–Crippen LogP) is 2.87. The van der Waals surface area contributed by atoms with Crippen molar-refractivity contribution in [2.75, 3.05) is 6.61 Å². The lowest BCUT2D eigenvalue weighted by Gasteiger charge is -2.56. The molecule has 1 aromatic heterocycles. The van der Waals surface area contributed by atoms with Gasteiger partial charge in [-0.05, 0) is 74.5 Å². The van der Waals surface area contributed by atoms with E-state index in [4.69, 9.17) is 4.74 Å². The van der Waals surface area contributed by atoms with Gasteiger partial charge in [0.05, 0.1) is 16.6 Å². The number of rotatable bonds is 4. The molecule has 1 heterocycles. The molecule has 0 unspecified atom stereocenters. The lowest BCUT2D eigenvalue weighted by Crippen LogP contribution is -2.60. The normalized spacial score (nSPS) is 31.0. The second-order valence-electron chi connectivity index (χ2n) is 8.58. The summed E-state index contributed by atoms with van der Waals surface area (Å²) in [6.07, 6.45) is 10.4. The van der Waals surface area contributed by atoms with Crippen molar-refractivity contribution < 1.29 is 14.3 Å². The van der Waals surface area contributed by atoms with E-state index in [1.54, 1.807) is 30.6 Å². The zero-order valence-electron chi connectivity index (χ0n) is 15.2. The molecule has 4 saturated carbocycles. The van der Waals surface area contributed by atoms with Crippen LogP contribution in [0.4, 0.5) is 0 Å². The highest BCUT2D eigenvalue weighted by atomic mass is 16.5. The largest absolute Gasteiger partial charge is 0.452 e. The Bertz CT molecular complexity index is 875. The highest BCUT2D eigenvalue weighted by Gasteiger charge is 2.51. The molecule has 4 bridgehead atoms. The summed E-state index contributed by atoms with van der Waals surface area (Å²) in [4.78, 5) is 33.1. The number of hydrogen-bond acceptors (Lipinski definition) is 5. The van der Waals surface area contributed by atoms with E-state index >= 15 is 0 Å². The Morgan fingerprint density at radius 1 is 1.00 bits per heavy atom. The van der Waals surface area contributed by atoms with Crippen LogP contribution in [0, 0.1) is 17.8 Å². The van der Waals surface area contributed by atoms with Crippen LogP contribution < -0.4 is 5.32 Å². The van der Waals surface area contributed by atoms with E-state index in [1.165, 1.54) is 19.3 Å². The van der Waals surface area contributed by atoms with Crippen LogP contribution in [0.5, 0.6) is 0 Å². The third-order valence-corrected chi connectivity index (χ3v) is 6.48. The summed E-state index contributed by atoms with van der Waals surface area (Å²) in [5.41, 5.74) is 1.67. The van der Waals surface area contributed by atoms with Crippen molar-refractivity contribution in [2.45, 2.75) is 44.1 Å². The molecule has 0 spiro atoms. The fraction of sp³-hybridized carbons (Fsp3) is 0.524. The molecule has 4 aliphatic rings. The average molecular weight is 365 g/mol. The summed E-state index contributed by atoms with van der Waals surface area (Å²) in [5.74, 6) is 1.59. The molecule has 4 aliphatic carbocycles. The Kier molecular flexibility index (Phi) is 3.88. The van der Waals surface area contributed by atoms with Gasteiger partial charge in [0.2, 0.25) is 0 Å². The number of nitrogens with zero attached hydrogens (tertiary/aromatic N) is 2. The molecular formula is C21H23N3O3. The maximum absolute atomic E-state index is 12.5. The number of ether oxygens (including phenoxy) is 1. The van der Waals surface area contributed by atoms with Gasteiger partial charge in [-0.1, -0.05) is 0 Å². The fourth-order valence-electron chi connectivity index (χ4n) is 5.90. The van der Waals surface area contributed by atoms with Gasteiger partial charge >= 0.3 is 5.97 Å². The first-order valence-corrected chi connectivity index (χ1v) is 9.77. The van der Waals surface area contributed by atoms with Gasteiger partial charge in [-0.3, -0.25) is 14.8 Å². The van der Waals surface area contributed by atoms with E-state index in [2.05, 4.69) is 15.3 Å².